The first-order chi connectivity index (χ1) is 15.0. The van der Waals surface area contributed by atoms with Gasteiger partial charge in [0.25, 0.3) is 5.56 Å². The first-order valence-electron chi connectivity index (χ1n) is 11.0. The summed E-state index contributed by atoms with van der Waals surface area (Å²) in [5.74, 6) is 1.91. The number of carbonyl (C=O) groups excluding carboxylic acids is 1. The maximum atomic E-state index is 12.7. The minimum atomic E-state index is -0.265. The first-order valence-corrected chi connectivity index (χ1v) is 11.0. The van der Waals surface area contributed by atoms with Crippen LogP contribution in [0.2, 0.25) is 0 Å². The Balaban J connectivity index is 1.60. The van der Waals surface area contributed by atoms with Crippen molar-refractivity contribution in [2.24, 2.45) is 5.92 Å². The molecule has 3 aromatic rings. The van der Waals surface area contributed by atoms with Crippen LogP contribution in [-0.4, -0.2) is 25.7 Å². The molecule has 0 spiro atoms. The van der Waals surface area contributed by atoms with E-state index in [9.17, 15) is 9.59 Å². The van der Waals surface area contributed by atoms with E-state index in [-0.39, 0.29) is 23.3 Å². The Hall–Kier alpha value is -3.16. The molecule has 1 fully saturated rings. The summed E-state index contributed by atoms with van der Waals surface area (Å²) >= 11 is 0. The van der Waals surface area contributed by atoms with Crippen LogP contribution in [0.4, 0.5) is 5.82 Å². The van der Waals surface area contributed by atoms with Gasteiger partial charge in [0.05, 0.1) is 12.0 Å². The molecule has 1 saturated carbocycles. The van der Waals surface area contributed by atoms with Crippen molar-refractivity contribution in [3.63, 3.8) is 0 Å². The quantitative estimate of drug-likeness (QED) is 0.576. The van der Waals surface area contributed by atoms with Crippen LogP contribution in [0.1, 0.15) is 70.4 Å². The molecule has 8 heteroatoms. The van der Waals surface area contributed by atoms with Crippen molar-refractivity contribution < 1.29 is 9.21 Å². The number of hydrogen-bond donors (Lipinski definition) is 2. The zero-order valence-corrected chi connectivity index (χ0v) is 18.1. The zero-order chi connectivity index (χ0) is 21.8. The average molecular weight is 424 g/mol. The molecule has 0 aromatic carbocycles. The van der Waals surface area contributed by atoms with E-state index in [0.29, 0.717) is 35.3 Å². The maximum Gasteiger partial charge on any atom is 0.252 e. The Kier molecular flexibility index (Phi) is 6.34. The van der Waals surface area contributed by atoms with Crippen molar-refractivity contribution in [3.05, 3.63) is 46.6 Å². The highest BCUT2D eigenvalue weighted by atomic mass is 16.3. The second-order valence-corrected chi connectivity index (χ2v) is 8.54. The Bertz CT molecular complexity index is 1080. The molecule has 2 N–H and O–H groups in total. The maximum absolute atomic E-state index is 12.7. The summed E-state index contributed by atoms with van der Waals surface area (Å²) in [6.07, 6.45) is 9.16. The van der Waals surface area contributed by atoms with E-state index in [1.54, 1.807) is 24.5 Å². The monoisotopic (exact) mass is 423 g/mol. The van der Waals surface area contributed by atoms with Gasteiger partial charge in [-0.15, -0.1) is 0 Å². The summed E-state index contributed by atoms with van der Waals surface area (Å²) in [6.45, 7) is 3.94. The third-order valence-corrected chi connectivity index (χ3v) is 5.80. The van der Waals surface area contributed by atoms with E-state index < -0.39 is 0 Å². The normalized spacial score (nSPS) is 14.8. The molecule has 4 rings (SSSR count). The van der Waals surface area contributed by atoms with Crippen molar-refractivity contribution in [2.45, 2.75) is 64.7 Å². The van der Waals surface area contributed by atoms with E-state index in [4.69, 9.17) is 4.42 Å². The van der Waals surface area contributed by atoms with Gasteiger partial charge in [-0.2, -0.15) is 9.78 Å². The van der Waals surface area contributed by atoms with Crippen molar-refractivity contribution in [2.75, 3.05) is 5.32 Å². The number of aromatic nitrogens is 4. The van der Waals surface area contributed by atoms with E-state index in [1.807, 2.05) is 13.8 Å². The van der Waals surface area contributed by atoms with Crippen LogP contribution in [0.15, 0.2) is 39.7 Å². The topological polar surface area (TPSA) is 106 Å². The number of nitrogens with one attached hydrogen (secondary N) is 2. The minimum Gasteiger partial charge on any atom is -0.463 e. The number of H-pyrrole nitrogens is 1. The molecule has 31 heavy (non-hydrogen) atoms. The van der Waals surface area contributed by atoms with Gasteiger partial charge in [-0.05, 0) is 30.4 Å². The number of anilines is 1. The van der Waals surface area contributed by atoms with Crippen molar-refractivity contribution in [3.8, 4) is 17.4 Å². The van der Waals surface area contributed by atoms with E-state index >= 15 is 0 Å². The Labute approximate surface area is 181 Å². The molecule has 3 heterocycles. The number of nitrogens with zero attached hydrogens (tertiary/aromatic N) is 3. The highest BCUT2D eigenvalue weighted by Gasteiger charge is 2.19. The summed E-state index contributed by atoms with van der Waals surface area (Å²) < 4.78 is 6.92. The number of aromatic amines is 1. The van der Waals surface area contributed by atoms with Crippen LogP contribution in [0.5, 0.6) is 0 Å². The van der Waals surface area contributed by atoms with Crippen LogP contribution in [0, 0.1) is 5.92 Å². The lowest BCUT2D eigenvalue weighted by molar-refractivity contribution is -0.116. The Morgan fingerprint density at radius 1 is 1.29 bits per heavy atom. The number of furan rings is 1. The summed E-state index contributed by atoms with van der Waals surface area (Å²) in [5, 5.41) is 7.50. The second kappa shape index (κ2) is 9.32. The molecule has 0 saturated heterocycles. The number of carbonyl (C=O) groups is 1. The fraction of sp³-hybridized carbons (Fsp3) is 0.478. The SMILES string of the molecule is CC(C)c1cc(=O)[nH]c(-n2nc(-c3ccco3)cc2NC(=O)CCC2CCCCC2)n1. The average Bonchev–Trinajstić information content (AvgIpc) is 3.42. The zero-order valence-electron chi connectivity index (χ0n) is 18.1. The van der Waals surface area contributed by atoms with Crippen LogP contribution < -0.4 is 10.9 Å². The number of amides is 1. The standard InChI is InChI=1S/C23H29N5O3/c1-15(2)17-14-22(30)26-23(24-17)28-20(13-18(27-28)19-9-6-12-31-19)25-21(29)11-10-16-7-4-3-5-8-16/h6,9,12-16H,3-5,7-8,10-11H2,1-2H3,(H,25,29)(H,24,26,30). The van der Waals surface area contributed by atoms with Gasteiger partial charge >= 0.3 is 0 Å². The molecule has 0 radical (unpaired) electrons. The molecule has 0 aliphatic heterocycles. The molecule has 1 aliphatic rings. The van der Waals surface area contributed by atoms with Gasteiger partial charge in [-0.25, -0.2) is 4.98 Å². The minimum absolute atomic E-state index is 0.0694. The largest absolute Gasteiger partial charge is 0.463 e. The molecule has 3 aromatic heterocycles. The fourth-order valence-electron chi connectivity index (χ4n) is 4.05. The van der Waals surface area contributed by atoms with E-state index in [2.05, 4.69) is 20.4 Å². The lowest BCUT2D eigenvalue weighted by Gasteiger charge is -2.21. The number of rotatable bonds is 7. The smallest absolute Gasteiger partial charge is 0.252 e. The summed E-state index contributed by atoms with van der Waals surface area (Å²) in [6, 6.07) is 6.78. The Morgan fingerprint density at radius 3 is 2.81 bits per heavy atom. The van der Waals surface area contributed by atoms with Crippen LogP contribution in [0.3, 0.4) is 0 Å². The lowest BCUT2D eigenvalue weighted by atomic mass is 9.86. The van der Waals surface area contributed by atoms with Crippen LogP contribution in [0.25, 0.3) is 17.4 Å². The predicted octanol–water partition coefficient (Wildman–Crippen LogP) is 4.64. The molecule has 8 nitrogen and oxygen atoms in total. The molecule has 0 unspecified atom stereocenters. The highest BCUT2D eigenvalue weighted by Crippen LogP contribution is 2.28. The van der Waals surface area contributed by atoms with Crippen molar-refractivity contribution >= 4 is 11.7 Å². The molecule has 1 aliphatic carbocycles. The Morgan fingerprint density at radius 2 is 2.10 bits per heavy atom. The summed E-state index contributed by atoms with van der Waals surface area (Å²) in [5.41, 5.74) is 0.937. The molecular formula is C23H29N5O3. The van der Waals surface area contributed by atoms with Crippen LogP contribution >= 0.6 is 0 Å². The summed E-state index contributed by atoms with van der Waals surface area (Å²) in [4.78, 5) is 32.2. The summed E-state index contributed by atoms with van der Waals surface area (Å²) in [7, 11) is 0. The van der Waals surface area contributed by atoms with Gasteiger partial charge in [0.1, 0.15) is 11.5 Å². The third kappa shape index (κ3) is 5.13. The van der Waals surface area contributed by atoms with Gasteiger partial charge in [0.2, 0.25) is 11.9 Å². The van der Waals surface area contributed by atoms with Gasteiger partial charge < -0.3 is 9.73 Å². The van der Waals surface area contributed by atoms with Crippen molar-refractivity contribution in [1.29, 1.82) is 0 Å². The number of hydrogen-bond acceptors (Lipinski definition) is 5. The highest BCUT2D eigenvalue weighted by molar-refractivity contribution is 5.90. The first kappa shape index (κ1) is 21.1. The fourth-order valence-corrected chi connectivity index (χ4v) is 4.05. The predicted molar refractivity (Wildman–Crippen MR) is 118 cm³/mol. The van der Waals surface area contributed by atoms with E-state index in [0.717, 1.165) is 6.42 Å². The molecule has 1 amide bonds. The van der Waals surface area contributed by atoms with Gasteiger partial charge in [0.15, 0.2) is 5.76 Å². The third-order valence-electron chi connectivity index (χ3n) is 5.80. The van der Waals surface area contributed by atoms with Gasteiger partial charge in [0, 0.05) is 18.6 Å². The lowest BCUT2D eigenvalue weighted by Crippen LogP contribution is -2.20. The molecule has 0 atom stereocenters. The molecule has 164 valence electrons. The molecular weight excluding hydrogens is 394 g/mol. The van der Waals surface area contributed by atoms with Gasteiger partial charge in [-0.3, -0.25) is 14.6 Å². The van der Waals surface area contributed by atoms with Crippen molar-refractivity contribution in [1.82, 2.24) is 19.7 Å². The molecule has 0 bridgehead atoms. The second-order valence-electron chi connectivity index (χ2n) is 8.54. The van der Waals surface area contributed by atoms with Crippen LogP contribution in [-0.2, 0) is 4.79 Å². The van der Waals surface area contributed by atoms with E-state index in [1.165, 1.54) is 42.9 Å². The van der Waals surface area contributed by atoms with Gasteiger partial charge in [-0.1, -0.05) is 46.0 Å².